The van der Waals surface area contributed by atoms with Crippen LogP contribution in [0.1, 0.15) is 11.1 Å². The van der Waals surface area contributed by atoms with Crippen LogP contribution in [0.5, 0.6) is 0 Å². The number of halogens is 1. The Morgan fingerprint density at radius 3 is 2.53 bits per heavy atom. The van der Waals surface area contributed by atoms with Gasteiger partial charge < -0.3 is 10.1 Å². The fourth-order valence-electron chi connectivity index (χ4n) is 3.95. The minimum absolute atomic E-state index is 0.0847. The summed E-state index contributed by atoms with van der Waals surface area (Å²) in [4.78, 5) is 35.0. The van der Waals surface area contributed by atoms with Crippen LogP contribution in [-0.4, -0.2) is 26.0 Å². The van der Waals surface area contributed by atoms with Crippen LogP contribution >= 0.6 is 22.9 Å². The minimum Gasteiger partial charge on any atom is -0.481 e. The second-order valence-electron chi connectivity index (χ2n) is 7.86. The summed E-state index contributed by atoms with van der Waals surface area (Å²) in [5, 5.41) is 11.0. The van der Waals surface area contributed by atoms with Crippen LogP contribution in [0.15, 0.2) is 71.8 Å². The van der Waals surface area contributed by atoms with Gasteiger partial charge in [0.05, 0.1) is 22.3 Å². The Morgan fingerprint density at radius 1 is 1.06 bits per heavy atom. The molecule has 0 aliphatic heterocycles. The quantitative estimate of drug-likeness (QED) is 0.318. The molecule has 0 aliphatic carbocycles. The molecular formula is C26H18ClN3O3S. The number of benzene rings is 2. The molecule has 8 heteroatoms. The molecular weight excluding hydrogens is 470 g/mol. The van der Waals surface area contributed by atoms with Crippen molar-refractivity contribution in [3.63, 3.8) is 0 Å². The molecule has 3 heterocycles. The lowest BCUT2D eigenvalue weighted by atomic mass is 9.93. The number of rotatable bonds is 5. The summed E-state index contributed by atoms with van der Waals surface area (Å²) >= 11 is 7.61. The Hall–Kier alpha value is -3.81. The van der Waals surface area contributed by atoms with Crippen LogP contribution < -0.4 is 5.56 Å². The van der Waals surface area contributed by atoms with Gasteiger partial charge in [-0.25, -0.2) is 4.98 Å². The Kier molecular flexibility index (Phi) is 5.73. The molecule has 0 amide bonds. The molecule has 6 nitrogen and oxygen atoms in total. The molecule has 5 rings (SSSR count). The van der Waals surface area contributed by atoms with Crippen molar-refractivity contribution in [3.05, 3.63) is 93.5 Å². The van der Waals surface area contributed by atoms with Crippen molar-refractivity contribution in [1.29, 1.82) is 0 Å². The van der Waals surface area contributed by atoms with E-state index in [4.69, 9.17) is 16.6 Å². The van der Waals surface area contributed by atoms with Crippen molar-refractivity contribution in [2.45, 2.75) is 13.3 Å². The first-order chi connectivity index (χ1) is 16.4. The Balaban J connectivity index is 1.69. The Morgan fingerprint density at radius 2 is 1.82 bits per heavy atom. The molecule has 34 heavy (non-hydrogen) atoms. The van der Waals surface area contributed by atoms with Crippen molar-refractivity contribution in [2.24, 2.45) is 0 Å². The molecule has 2 aromatic carbocycles. The van der Waals surface area contributed by atoms with Crippen LogP contribution in [0.3, 0.4) is 0 Å². The summed E-state index contributed by atoms with van der Waals surface area (Å²) in [5.74, 6) is -0.887. The summed E-state index contributed by atoms with van der Waals surface area (Å²) in [5.41, 5.74) is 6.43. The average Bonchev–Trinajstić information content (AvgIpc) is 3.24. The number of carboxylic acid groups (broad SMARTS) is 1. The number of H-pyrrole nitrogens is 1. The topological polar surface area (TPSA) is 95.9 Å². The number of pyridine rings is 2. The van der Waals surface area contributed by atoms with Gasteiger partial charge in [-0.2, -0.15) is 0 Å². The van der Waals surface area contributed by atoms with E-state index < -0.39 is 5.97 Å². The van der Waals surface area contributed by atoms with Gasteiger partial charge in [-0.15, -0.1) is 11.3 Å². The second kappa shape index (κ2) is 8.85. The molecule has 0 saturated carbocycles. The number of nitrogens with one attached hydrogen (secondary N) is 1. The first-order valence-electron chi connectivity index (χ1n) is 10.5. The van der Waals surface area contributed by atoms with Crippen molar-refractivity contribution in [1.82, 2.24) is 15.0 Å². The number of hydrogen-bond donors (Lipinski definition) is 2. The fraction of sp³-hybridized carbons (Fsp3) is 0.0769. The van der Waals surface area contributed by atoms with Crippen molar-refractivity contribution < 1.29 is 9.90 Å². The molecule has 0 bridgehead atoms. The molecule has 0 fully saturated rings. The maximum Gasteiger partial charge on any atom is 0.307 e. The summed E-state index contributed by atoms with van der Waals surface area (Å²) in [7, 11) is 0. The standard InChI is InChI=1S/C26H18ClN3O3S/c1-14-10-21-25(24(19(14)12-23(32)33)15-2-5-18(27)6-3-15)34-26(30-21)16-8-9-28-20(11-16)17-4-7-22(31)29-13-17/h2-11,13H,12H2,1H3,(H,29,31)(H,32,33). The average molecular weight is 488 g/mol. The van der Waals surface area contributed by atoms with E-state index in [2.05, 4.69) is 9.97 Å². The van der Waals surface area contributed by atoms with Gasteiger partial charge in [-0.05, 0) is 60.0 Å². The summed E-state index contributed by atoms with van der Waals surface area (Å²) in [6.07, 6.45) is 3.26. The van der Waals surface area contributed by atoms with Crippen LogP contribution in [-0.2, 0) is 11.2 Å². The monoisotopic (exact) mass is 487 g/mol. The molecule has 0 aliphatic rings. The van der Waals surface area contributed by atoms with Gasteiger partial charge in [0.25, 0.3) is 0 Å². The van der Waals surface area contributed by atoms with E-state index in [1.807, 2.05) is 37.3 Å². The van der Waals surface area contributed by atoms with E-state index in [9.17, 15) is 14.7 Å². The third kappa shape index (κ3) is 4.23. The number of carbonyl (C=O) groups is 1. The lowest BCUT2D eigenvalue weighted by Gasteiger charge is -2.13. The van der Waals surface area contributed by atoms with Gasteiger partial charge in [-0.3, -0.25) is 14.6 Å². The molecule has 0 radical (unpaired) electrons. The van der Waals surface area contributed by atoms with Gasteiger partial charge >= 0.3 is 5.97 Å². The van der Waals surface area contributed by atoms with E-state index in [1.165, 1.54) is 17.4 Å². The van der Waals surface area contributed by atoms with Gasteiger partial charge in [0.2, 0.25) is 5.56 Å². The molecule has 168 valence electrons. The van der Waals surface area contributed by atoms with Gasteiger partial charge in [0.15, 0.2) is 0 Å². The highest BCUT2D eigenvalue weighted by molar-refractivity contribution is 7.22. The molecule has 0 atom stereocenters. The molecule has 0 unspecified atom stereocenters. The third-order valence-corrected chi connectivity index (χ3v) is 6.95. The molecule has 3 aromatic heterocycles. The van der Waals surface area contributed by atoms with Crippen LogP contribution in [0.2, 0.25) is 5.02 Å². The first kappa shape index (κ1) is 22.0. The highest BCUT2D eigenvalue weighted by Crippen LogP contribution is 2.41. The molecule has 2 N–H and O–H groups in total. The number of aromatic amines is 1. The van der Waals surface area contributed by atoms with Crippen LogP contribution in [0, 0.1) is 6.92 Å². The summed E-state index contributed by atoms with van der Waals surface area (Å²) < 4.78 is 0.918. The number of fused-ring (bicyclic) bond motifs is 1. The molecule has 5 aromatic rings. The van der Waals surface area contributed by atoms with Gasteiger partial charge in [-0.1, -0.05) is 23.7 Å². The number of hydrogen-bond acceptors (Lipinski definition) is 5. The number of carboxylic acids is 1. The predicted molar refractivity (Wildman–Crippen MR) is 135 cm³/mol. The highest BCUT2D eigenvalue weighted by Gasteiger charge is 2.19. The normalized spacial score (nSPS) is 11.1. The number of aliphatic carboxylic acids is 1. The first-order valence-corrected chi connectivity index (χ1v) is 11.6. The van der Waals surface area contributed by atoms with E-state index in [0.717, 1.165) is 48.6 Å². The smallest absolute Gasteiger partial charge is 0.307 e. The number of aryl methyl sites for hydroxylation is 1. The number of nitrogens with zero attached hydrogens (tertiary/aromatic N) is 2. The summed E-state index contributed by atoms with van der Waals surface area (Å²) in [6, 6.07) is 16.4. The highest BCUT2D eigenvalue weighted by atomic mass is 35.5. The molecule has 0 saturated heterocycles. The predicted octanol–water partition coefficient (Wildman–Crippen LogP) is 5.97. The SMILES string of the molecule is Cc1cc2nc(-c3ccnc(-c4ccc(=O)[nH]c4)c3)sc2c(-c2ccc(Cl)cc2)c1CC(=O)O. The zero-order valence-electron chi connectivity index (χ0n) is 18.0. The fourth-order valence-corrected chi connectivity index (χ4v) is 5.21. The maximum atomic E-state index is 11.7. The van der Waals surface area contributed by atoms with Gasteiger partial charge in [0, 0.05) is 40.2 Å². The zero-order valence-corrected chi connectivity index (χ0v) is 19.6. The van der Waals surface area contributed by atoms with Crippen LogP contribution in [0.25, 0.3) is 43.2 Å². The Bertz CT molecular complexity index is 1590. The van der Waals surface area contributed by atoms with E-state index >= 15 is 0 Å². The van der Waals surface area contributed by atoms with Crippen LogP contribution in [0.4, 0.5) is 0 Å². The third-order valence-electron chi connectivity index (χ3n) is 5.56. The Labute approximate surface area is 203 Å². The second-order valence-corrected chi connectivity index (χ2v) is 9.30. The summed E-state index contributed by atoms with van der Waals surface area (Å²) in [6.45, 7) is 1.91. The minimum atomic E-state index is -0.887. The molecule has 0 spiro atoms. The van der Waals surface area contributed by atoms with Crippen molar-refractivity contribution in [3.8, 4) is 33.0 Å². The van der Waals surface area contributed by atoms with Gasteiger partial charge in [0.1, 0.15) is 5.01 Å². The number of aromatic nitrogens is 3. The van der Waals surface area contributed by atoms with Crippen molar-refractivity contribution >= 4 is 39.1 Å². The largest absolute Gasteiger partial charge is 0.481 e. The van der Waals surface area contributed by atoms with Crippen molar-refractivity contribution in [2.75, 3.05) is 0 Å². The number of thiazole rings is 1. The van der Waals surface area contributed by atoms with E-state index in [1.54, 1.807) is 30.6 Å². The lowest BCUT2D eigenvalue weighted by molar-refractivity contribution is -0.136. The zero-order chi connectivity index (χ0) is 23.8. The maximum absolute atomic E-state index is 11.7. The van der Waals surface area contributed by atoms with E-state index in [-0.39, 0.29) is 12.0 Å². The van der Waals surface area contributed by atoms with E-state index in [0.29, 0.717) is 10.7 Å². The lowest BCUT2D eigenvalue weighted by Crippen LogP contribution is -2.04.